The highest BCUT2D eigenvalue weighted by molar-refractivity contribution is 7.89. The molecule has 0 spiro atoms. The number of rotatable bonds is 12. The van der Waals surface area contributed by atoms with E-state index in [9.17, 15) is 18.0 Å². The van der Waals surface area contributed by atoms with Crippen molar-refractivity contribution in [3.63, 3.8) is 0 Å². The number of benzene rings is 2. The average molecular weight is 529 g/mol. The van der Waals surface area contributed by atoms with Crippen LogP contribution < -0.4 is 5.32 Å². The van der Waals surface area contributed by atoms with Crippen LogP contribution in [-0.4, -0.2) is 55.6 Å². The number of likely N-dealkylation sites (N-methyl/N-ethyl adjacent to an activating group) is 1. The van der Waals surface area contributed by atoms with Crippen molar-refractivity contribution >= 4 is 45.0 Å². The third kappa shape index (κ3) is 7.70. The minimum absolute atomic E-state index is 0.0285. The summed E-state index contributed by atoms with van der Waals surface area (Å²) in [5, 5.41) is 3.85. The first kappa shape index (κ1) is 28.1. The molecule has 0 heterocycles. The number of hydrogen-bond acceptors (Lipinski definition) is 4. The molecular weight excluding hydrogens is 497 g/mol. The summed E-state index contributed by atoms with van der Waals surface area (Å²) in [6.45, 7) is 4.08. The van der Waals surface area contributed by atoms with E-state index in [0.717, 1.165) is 22.7 Å². The van der Waals surface area contributed by atoms with Crippen LogP contribution in [0.25, 0.3) is 0 Å². The Labute approximate surface area is 212 Å². The average Bonchev–Trinajstić information content (AvgIpc) is 2.80. The summed E-state index contributed by atoms with van der Waals surface area (Å²) in [6.07, 6.45) is 2.14. The molecule has 7 nitrogen and oxygen atoms in total. The van der Waals surface area contributed by atoms with Gasteiger partial charge >= 0.3 is 0 Å². The second-order valence-electron chi connectivity index (χ2n) is 7.93. The Morgan fingerprint density at radius 3 is 2.06 bits per heavy atom. The van der Waals surface area contributed by atoms with Crippen molar-refractivity contribution in [2.24, 2.45) is 0 Å². The molecule has 186 valence electrons. The lowest BCUT2D eigenvalue weighted by atomic mass is 10.1. The minimum Gasteiger partial charge on any atom is -0.354 e. The maximum atomic E-state index is 13.4. The van der Waals surface area contributed by atoms with Crippen LogP contribution in [0.5, 0.6) is 0 Å². The van der Waals surface area contributed by atoms with E-state index in [1.54, 1.807) is 24.3 Å². The molecule has 0 aliphatic carbocycles. The molecule has 0 aliphatic heterocycles. The molecule has 34 heavy (non-hydrogen) atoms. The van der Waals surface area contributed by atoms with Crippen LogP contribution in [-0.2, 0) is 26.2 Å². The molecular formula is C24H31Cl2N3O4S. The summed E-state index contributed by atoms with van der Waals surface area (Å²) >= 11 is 11.8. The summed E-state index contributed by atoms with van der Waals surface area (Å²) in [5.74, 6) is -0.742. The van der Waals surface area contributed by atoms with Gasteiger partial charge in [-0.3, -0.25) is 9.59 Å². The maximum absolute atomic E-state index is 13.4. The first-order chi connectivity index (χ1) is 16.1. The van der Waals surface area contributed by atoms with E-state index in [2.05, 4.69) is 5.32 Å². The Morgan fingerprint density at radius 1 is 0.971 bits per heavy atom. The minimum atomic E-state index is -3.92. The third-order valence-corrected chi connectivity index (χ3v) is 7.68. The standard InChI is InChI=1S/C24H31Cl2N3O4S/c1-4-6-15-27-24(31)22(5-2)29(16-18-7-9-19(25)10-8-18)23(30)17-28(3)34(32,33)21-13-11-20(26)12-14-21/h7-14,22H,4-6,15-17H2,1-3H3,(H,27,31)/t22-/m1/s1. The summed E-state index contributed by atoms with van der Waals surface area (Å²) in [6, 6.07) is 12.0. The van der Waals surface area contributed by atoms with E-state index in [4.69, 9.17) is 23.2 Å². The normalized spacial score (nSPS) is 12.4. The van der Waals surface area contributed by atoms with Crippen molar-refractivity contribution < 1.29 is 18.0 Å². The molecule has 0 radical (unpaired) electrons. The predicted molar refractivity (Wildman–Crippen MR) is 135 cm³/mol. The molecule has 0 aliphatic rings. The van der Waals surface area contributed by atoms with Crippen molar-refractivity contribution in [2.45, 2.75) is 50.6 Å². The van der Waals surface area contributed by atoms with Gasteiger partial charge in [-0.1, -0.05) is 55.6 Å². The van der Waals surface area contributed by atoms with Gasteiger partial charge in [0, 0.05) is 30.2 Å². The van der Waals surface area contributed by atoms with Crippen LogP contribution in [0.3, 0.4) is 0 Å². The van der Waals surface area contributed by atoms with Crippen molar-refractivity contribution in [3.05, 3.63) is 64.1 Å². The van der Waals surface area contributed by atoms with Gasteiger partial charge < -0.3 is 10.2 Å². The highest BCUT2D eigenvalue weighted by atomic mass is 35.5. The first-order valence-electron chi connectivity index (χ1n) is 11.1. The number of unbranched alkanes of at least 4 members (excludes halogenated alkanes) is 1. The molecule has 0 saturated carbocycles. The van der Waals surface area contributed by atoms with Crippen LogP contribution in [0.2, 0.25) is 10.0 Å². The molecule has 2 aromatic carbocycles. The highest BCUT2D eigenvalue weighted by Crippen LogP contribution is 2.19. The molecule has 2 amide bonds. The maximum Gasteiger partial charge on any atom is 0.243 e. The zero-order chi connectivity index (χ0) is 25.3. The zero-order valence-electron chi connectivity index (χ0n) is 19.6. The Morgan fingerprint density at radius 2 is 1.53 bits per heavy atom. The smallest absolute Gasteiger partial charge is 0.243 e. The van der Waals surface area contributed by atoms with Crippen LogP contribution in [0.1, 0.15) is 38.7 Å². The van der Waals surface area contributed by atoms with E-state index >= 15 is 0 Å². The van der Waals surface area contributed by atoms with Gasteiger partial charge in [-0.05, 0) is 54.8 Å². The Bertz CT molecular complexity index is 1060. The fourth-order valence-corrected chi connectivity index (χ4v) is 4.74. The number of sulfonamides is 1. The predicted octanol–water partition coefficient (Wildman–Crippen LogP) is 4.34. The summed E-state index contributed by atoms with van der Waals surface area (Å²) in [4.78, 5) is 27.7. The monoisotopic (exact) mass is 527 g/mol. The summed E-state index contributed by atoms with van der Waals surface area (Å²) in [5.41, 5.74) is 0.778. The molecule has 0 aromatic heterocycles. The van der Waals surface area contributed by atoms with Gasteiger partial charge in [0.1, 0.15) is 6.04 Å². The molecule has 10 heteroatoms. The van der Waals surface area contributed by atoms with Gasteiger partial charge in [0.05, 0.1) is 11.4 Å². The van der Waals surface area contributed by atoms with Gasteiger partial charge in [0.25, 0.3) is 0 Å². The van der Waals surface area contributed by atoms with Crippen LogP contribution in [0.15, 0.2) is 53.4 Å². The molecule has 2 aromatic rings. The van der Waals surface area contributed by atoms with Crippen molar-refractivity contribution in [2.75, 3.05) is 20.1 Å². The Hall–Kier alpha value is -2.13. The number of nitrogens with one attached hydrogen (secondary N) is 1. The van der Waals surface area contributed by atoms with E-state index in [-0.39, 0.29) is 17.3 Å². The topological polar surface area (TPSA) is 86.8 Å². The van der Waals surface area contributed by atoms with E-state index in [1.807, 2.05) is 13.8 Å². The van der Waals surface area contributed by atoms with Gasteiger partial charge in [-0.25, -0.2) is 8.42 Å². The number of carbonyl (C=O) groups excluding carboxylic acids is 2. The van der Waals surface area contributed by atoms with E-state index < -0.39 is 28.5 Å². The van der Waals surface area contributed by atoms with E-state index in [0.29, 0.717) is 23.0 Å². The van der Waals surface area contributed by atoms with E-state index in [1.165, 1.54) is 36.2 Å². The quantitative estimate of drug-likeness (QED) is 0.416. The van der Waals surface area contributed by atoms with Crippen LogP contribution in [0, 0.1) is 0 Å². The number of carbonyl (C=O) groups is 2. The largest absolute Gasteiger partial charge is 0.354 e. The Balaban J connectivity index is 2.28. The summed E-state index contributed by atoms with van der Waals surface area (Å²) in [7, 11) is -2.59. The van der Waals surface area contributed by atoms with Gasteiger partial charge in [-0.15, -0.1) is 0 Å². The van der Waals surface area contributed by atoms with Crippen LogP contribution in [0.4, 0.5) is 0 Å². The molecule has 0 unspecified atom stereocenters. The lowest BCUT2D eigenvalue weighted by molar-refractivity contribution is -0.141. The molecule has 0 saturated heterocycles. The fourth-order valence-electron chi connectivity index (χ4n) is 3.36. The SMILES string of the molecule is CCCCNC(=O)[C@@H](CC)N(Cc1ccc(Cl)cc1)C(=O)CN(C)S(=O)(=O)c1ccc(Cl)cc1. The summed E-state index contributed by atoms with van der Waals surface area (Å²) < 4.78 is 26.9. The lowest BCUT2D eigenvalue weighted by Gasteiger charge is -2.32. The van der Waals surface area contributed by atoms with Crippen molar-refractivity contribution in [1.82, 2.24) is 14.5 Å². The number of nitrogens with zero attached hydrogens (tertiary/aromatic N) is 2. The first-order valence-corrected chi connectivity index (χ1v) is 13.3. The lowest BCUT2D eigenvalue weighted by Crippen LogP contribution is -2.51. The van der Waals surface area contributed by atoms with Gasteiger partial charge in [0.2, 0.25) is 21.8 Å². The molecule has 0 bridgehead atoms. The molecule has 1 N–H and O–H groups in total. The van der Waals surface area contributed by atoms with Gasteiger partial charge in [0.15, 0.2) is 0 Å². The number of halogens is 2. The Kier molecular flexibility index (Phi) is 10.8. The zero-order valence-corrected chi connectivity index (χ0v) is 22.0. The van der Waals surface area contributed by atoms with Crippen LogP contribution >= 0.6 is 23.2 Å². The third-order valence-electron chi connectivity index (χ3n) is 5.36. The van der Waals surface area contributed by atoms with Gasteiger partial charge in [-0.2, -0.15) is 4.31 Å². The number of amides is 2. The number of hydrogen-bond donors (Lipinski definition) is 1. The molecule has 2 rings (SSSR count). The molecule has 0 fully saturated rings. The highest BCUT2D eigenvalue weighted by Gasteiger charge is 2.31. The second kappa shape index (κ2) is 13.1. The van der Waals surface area contributed by atoms with Crippen molar-refractivity contribution in [3.8, 4) is 0 Å². The van der Waals surface area contributed by atoms with Crippen molar-refractivity contribution in [1.29, 1.82) is 0 Å². The fraction of sp³-hybridized carbons (Fsp3) is 0.417. The molecule has 1 atom stereocenters. The second-order valence-corrected chi connectivity index (χ2v) is 10.8.